The first-order valence-corrected chi connectivity index (χ1v) is 6.84. The molecule has 0 saturated heterocycles. The number of nitrogens with one attached hydrogen (secondary N) is 2. The summed E-state index contributed by atoms with van der Waals surface area (Å²) in [6, 6.07) is 1.42. The molecule has 0 fully saturated rings. The summed E-state index contributed by atoms with van der Waals surface area (Å²) in [4.78, 5) is 0. The van der Waals surface area contributed by atoms with Gasteiger partial charge in [-0.05, 0) is 17.9 Å². The first-order valence-electron chi connectivity index (χ1n) is 5.35. The quantitative estimate of drug-likeness (QED) is 0.758. The van der Waals surface area contributed by atoms with Gasteiger partial charge in [0.15, 0.2) is 5.03 Å². The Hall–Kier alpha value is -0.920. The average Bonchev–Trinajstić information content (AvgIpc) is 2.78. The topological polar surface area (TPSA) is 84.1 Å². The van der Waals surface area contributed by atoms with Crippen molar-refractivity contribution < 1.29 is 13.2 Å². The van der Waals surface area contributed by atoms with E-state index in [0.29, 0.717) is 13.2 Å². The summed E-state index contributed by atoms with van der Waals surface area (Å²) >= 11 is 0. The lowest BCUT2D eigenvalue weighted by atomic mass is 9.90. The Kier molecular flexibility index (Phi) is 4.67. The summed E-state index contributed by atoms with van der Waals surface area (Å²) < 4.78 is 31.1. The van der Waals surface area contributed by atoms with Crippen LogP contribution in [0.25, 0.3) is 0 Å². The molecule has 6 nitrogen and oxygen atoms in total. The fourth-order valence-corrected chi connectivity index (χ4v) is 2.38. The molecule has 2 N–H and O–H groups in total. The second-order valence-corrected chi connectivity index (χ2v) is 6.39. The van der Waals surface area contributed by atoms with E-state index in [0.717, 1.165) is 6.42 Å². The van der Waals surface area contributed by atoms with Crippen molar-refractivity contribution in [2.75, 3.05) is 20.3 Å². The largest absolute Gasteiger partial charge is 0.385 e. The van der Waals surface area contributed by atoms with Crippen LogP contribution in [0.1, 0.15) is 20.3 Å². The summed E-state index contributed by atoms with van der Waals surface area (Å²) in [6.45, 7) is 4.94. The Bertz CT molecular complexity index is 426. The van der Waals surface area contributed by atoms with Crippen LogP contribution in [0.3, 0.4) is 0 Å². The van der Waals surface area contributed by atoms with E-state index < -0.39 is 10.0 Å². The monoisotopic (exact) mass is 261 g/mol. The second kappa shape index (κ2) is 5.61. The molecule has 1 aromatic rings. The van der Waals surface area contributed by atoms with Crippen LogP contribution in [0.4, 0.5) is 0 Å². The SMILES string of the molecule is COCCC(C)(C)CNS(=O)(=O)c1ccn[nH]1. The van der Waals surface area contributed by atoms with Gasteiger partial charge in [-0.25, -0.2) is 13.1 Å². The van der Waals surface area contributed by atoms with Crippen LogP contribution in [0.5, 0.6) is 0 Å². The van der Waals surface area contributed by atoms with Crippen LogP contribution >= 0.6 is 0 Å². The zero-order valence-electron chi connectivity index (χ0n) is 10.4. The fourth-order valence-electron chi connectivity index (χ4n) is 1.23. The predicted molar refractivity (Wildman–Crippen MR) is 64.1 cm³/mol. The zero-order chi connectivity index (χ0) is 12.9. The lowest BCUT2D eigenvalue weighted by molar-refractivity contribution is 0.153. The first kappa shape index (κ1) is 14.1. The zero-order valence-corrected chi connectivity index (χ0v) is 11.2. The standard InChI is InChI=1S/C10H19N3O3S/c1-10(2,5-7-16-3)8-12-17(14,15)9-4-6-11-13-9/h4,6,12H,5,7-8H2,1-3H3,(H,11,13). The molecule has 0 radical (unpaired) electrons. The van der Waals surface area contributed by atoms with Crippen molar-refractivity contribution in [2.45, 2.75) is 25.3 Å². The van der Waals surface area contributed by atoms with Crippen LogP contribution in [-0.2, 0) is 14.8 Å². The van der Waals surface area contributed by atoms with Gasteiger partial charge >= 0.3 is 0 Å². The minimum Gasteiger partial charge on any atom is -0.385 e. The number of hydrogen-bond donors (Lipinski definition) is 2. The van der Waals surface area contributed by atoms with Crippen LogP contribution in [0.2, 0.25) is 0 Å². The number of hydrogen-bond acceptors (Lipinski definition) is 4. The van der Waals surface area contributed by atoms with Gasteiger partial charge in [-0.2, -0.15) is 5.10 Å². The van der Waals surface area contributed by atoms with E-state index in [4.69, 9.17) is 4.74 Å². The summed E-state index contributed by atoms with van der Waals surface area (Å²) in [5.41, 5.74) is -0.150. The van der Waals surface area contributed by atoms with Gasteiger partial charge in [0.05, 0.1) is 6.20 Å². The van der Waals surface area contributed by atoms with Crippen LogP contribution in [-0.4, -0.2) is 38.9 Å². The number of aromatic nitrogens is 2. The molecular weight excluding hydrogens is 242 g/mol. The van der Waals surface area contributed by atoms with Crippen molar-refractivity contribution in [1.82, 2.24) is 14.9 Å². The third-order valence-electron chi connectivity index (χ3n) is 2.49. The molecule has 0 atom stereocenters. The van der Waals surface area contributed by atoms with Gasteiger partial charge in [-0.1, -0.05) is 13.8 Å². The van der Waals surface area contributed by atoms with E-state index in [1.807, 2.05) is 13.8 Å². The number of methoxy groups -OCH3 is 1. The molecule has 98 valence electrons. The molecule has 1 rings (SSSR count). The summed E-state index contributed by atoms with van der Waals surface area (Å²) in [5.74, 6) is 0. The fraction of sp³-hybridized carbons (Fsp3) is 0.700. The van der Waals surface area contributed by atoms with Gasteiger partial charge in [0.2, 0.25) is 0 Å². The minimum atomic E-state index is -3.48. The van der Waals surface area contributed by atoms with E-state index in [9.17, 15) is 8.42 Å². The average molecular weight is 261 g/mol. The maximum Gasteiger partial charge on any atom is 0.257 e. The van der Waals surface area contributed by atoms with Gasteiger partial charge in [0.1, 0.15) is 0 Å². The number of sulfonamides is 1. The highest BCUT2D eigenvalue weighted by Gasteiger charge is 2.22. The summed E-state index contributed by atoms with van der Waals surface area (Å²) in [6.07, 6.45) is 2.19. The molecule has 0 aliphatic carbocycles. The first-order chi connectivity index (χ1) is 7.87. The third-order valence-corrected chi connectivity index (χ3v) is 3.82. The van der Waals surface area contributed by atoms with Crippen LogP contribution < -0.4 is 4.72 Å². The van der Waals surface area contributed by atoms with Gasteiger partial charge in [0, 0.05) is 20.3 Å². The molecule has 17 heavy (non-hydrogen) atoms. The van der Waals surface area contributed by atoms with Crippen molar-refractivity contribution in [1.29, 1.82) is 0 Å². The van der Waals surface area contributed by atoms with Crippen molar-refractivity contribution >= 4 is 10.0 Å². The van der Waals surface area contributed by atoms with Crippen molar-refractivity contribution in [2.24, 2.45) is 5.41 Å². The van der Waals surface area contributed by atoms with Gasteiger partial charge in [-0.3, -0.25) is 5.10 Å². The van der Waals surface area contributed by atoms with E-state index in [2.05, 4.69) is 14.9 Å². The Morgan fingerprint density at radius 2 is 2.24 bits per heavy atom. The molecule has 0 spiro atoms. The maximum atomic E-state index is 11.8. The molecule has 0 aliphatic heterocycles. The Labute approximate surface area is 102 Å². The highest BCUT2D eigenvalue weighted by molar-refractivity contribution is 7.89. The number of H-pyrrole nitrogens is 1. The number of aromatic amines is 1. The summed E-state index contributed by atoms with van der Waals surface area (Å²) in [7, 11) is -1.85. The Morgan fingerprint density at radius 3 is 2.76 bits per heavy atom. The molecule has 0 aliphatic rings. The molecule has 0 aromatic carbocycles. The predicted octanol–water partition coefficient (Wildman–Crippen LogP) is 0.751. The number of rotatable bonds is 7. The van der Waals surface area contributed by atoms with E-state index >= 15 is 0 Å². The minimum absolute atomic E-state index is 0.0834. The third kappa shape index (κ3) is 4.45. The highest BCUT2D eigenvalue weighted by atomic mass is 32.2. The van der Waals surface area contributed by atoms with Crippen molar-refractivity contribution in [3.8, 4) is 0 Å². The molecular formula is C10H19N3O3S. The number of ether oxygens (including phenoxy) is 1. The lowest BCUT2D eigenvalue weighted by Gasteiger charge is -2.24. The second-order valence-electron chi connectivity index (χ2n) is 4.65. The molecule has 1 aromatic heterocycles. The maximum absolute atomic E-state index is 11.8. The highest BCUT2D eigenvalue weighted by Crippen LogP contribution is 2.19. The van der Waals surface area contributed by atoms with E-state index in [1.165, 1.54) is 12.3 Å². The van der Waals surface area contributed by atoms with Crippen LogP contribution in [0, 0.1) is 5.41 Å². The molecule has 7 heteroatoms. The molecule has 0 unspecified atom stereocenters. The smallest absolute Gasteiger partial charge is 0.257 e. The summed E-state index contributed by atoms with van der Waals surface area (Å²) in [5, 5.41) is 6.13. The van der Waals surface area contributed by atoms with E-state index in [-0.39, 0.29) is 10.4 Å². The Morgan fingerprint density at radius 1 is 1.53 bits per heavy atom. The molecule has 1 heterocycles. The Balaban J connectivity index is 2.56. The van der Waals surface area contributed by atoms with E-state index in [1.54, 1.807) is 7.11 Å². The van der Waals surface area contributed by atoms with Crippen LogP contribution in [0.15, 0.2) is 17.3 Å². The number of nitrogens with zero attached hydrogens (tertiary/aromatic N) is 1. The molecule has 0 amide bonds. The van der Waals surface area contributed by atoms with Gasteiger partial charge in [-0.15, -0.1) is 0 Å². The van der Waals surface area contributed by atoms with Crippen molar-refractivity contribution in [3.05, 3.63) is 12.3 Å². The van der Waals surface area contributed by atoms with Gasteiger partial charge in [0.25, 0.3) is 10.0 Å². The normalized spacial score (nSPS) is 12.9. The van der Waals surface area contributed by atoms with Crippen molar-refractivity contribution in [3.63, 3.8) is 0 Å². The van der Waals surface area contributed by atoms with Gasteiger partial charge < -0.3 is 4.74 Å². The molecule has 0 bridgehead atoms. The lowest BCUT2D eigenvalue weighted by Crippen LogP contribution is -2.34. The molecule has 0 saturated carbocycles.